The van der Waals surface area contributed by atoms with Crippen molar-refractivity contribution in [2.24, 2.45) is 4.99 Å². The molecule has 8 heteroatoms. The summed E-state index contributed by atoms with van der Waals surface area (Å²) in [5.41, 5.74) is 0.701. The van der Waals surface area contributed by atoms with Crippen molar-refractivity contribution in [2.45, 2.75) is 39.9 Å². The lowest BCUT2D eigenvalue weighted by molar-refractivity contribution is 0.0377. The smallest absolute Gasteiger partial charge is 0.338 e. The standard InChI is InChI=1S/C17H21N3O4S/c1-10(2)23-15(21)12-6-13(16(22)24-11(3)4)8-14(7-12)20-17(25-5)19-9-18/h6-8,10-11H,1-5H3,(H,19,20). The van der Waals surface area contributed by atoms with E-state index in [0.717, 1.165) is 0 Å². The first-order valence-corrected chi connectivity index (χ1v) is 8.84. The van der Waals surface area contributed by atoms with Crippen LogP contribution >= 0.6 is 11.8 Å². The number of hydrogen-bond acceptors (Lipinski definition) is 7. The summed E-state index contributed by atoms with van der Waals surface area (Å²) < 4.78 is 10.3. The molecule has 0 atom stereocenters. The predicted molar refractivity (Wildman–Crippen MR) is 96.9 cm³/mol. The molecule has 0 fully saturated rings. The van der Waals surface area contributed by atoms with Crippen LogP contribution in [0.5, 0.6) is 0 Å². The number of hydrogen-bond donors (Lipinski definition) is 1. The van der Waals surface area contributed by atoms with Crippen molar-refractivity contribution < 1.29 is 19.1 Å². The van der Waals surface area contributed by atoms with E-state index in [-0.39, 0.29) is 23.3 Å². The van der Waals surface area contributed by atoms with Crippen LogP contribution < -0.4 is 5.32 Å². The number of thioether (sulfide) groups is 1. The van der Waals surface area contributed by atoms with Gasteiger partial charge in [0.25, 0.3) is 0 Å². The first-order valence-electron chi connectivity index (χ1n) is 7.61. The minimum atomic E-state index is -0.565. The normalized spacial score (nSPS) is 11.2. The Morgan fingerprint density at radius 1 is 1.08 bits per heavy atom. The van der Waals surface area contributed by atoms with Crippen molar-refractivity contribution in [1.82, 2.24) is 5.32 Å². The first-order chi connectivity index (χ1) is 11.8. The van der Waals surface area contributed by atoms with Crippen LogP contribution in [0.1, 0.15) is 48.4 Å². The van der Waals surface area contributed by atoms with Crippen molar-refractivity contribution in [2.75, 3.05) is 6.26 Å². The van der Waals surface area contributed by atoms with Gasteiger partial charge in [-0.2, -0.15) is 5.26 Å². The van der Waals surface area contributed by atoms with Crippen LogP contribution in [0.2, 0.25) is 0 Å². The maximum atomic E-state index is 12.2. The number of carbonyl (C=O) groups excluding carboxylic acids is 2. The number of nitrogens with one attached hydrogen (secondary N) is 1. The zero-order chi connectivity index (χ0) is 19.0. The number of ether oxygens (including phenoxy) is 2. The van der Waals surface area contributed by atoms with Crippen molar-refractivity contribution in [3.05, 3.63) is 29.3 Å². The number of nitriles is 1. The number of carbonyl (C=O) groups is 2. The van der Waals surface area contributed by atoms with Gasteiger partial charge in [-0.05, 0) is 52.1 Å². The zero-order valence-electron chi connectivity index (χ0n) is 14.8. The van der Waals surface area contributed by atoms with E-state index in [2.05, 4.69) is 10.3 Å². The zero-order valence-corrected chi connectivity index (χ0v) is 15.6. The Kier molecular flexibility index (Phi) is 7.95. The van der Waals surface area contributed by atoms with Crippen LogP contribution in [0.3, 0.4) is 0 Å². The summed E-state index contributed by atoms with van der Waals surface area (Å²) in [6, 6.07) is 4.39. The average Bonchev–Trinajstić information content (AvgIpc) is 2.52. The van der Waals surface area contributed by atoms with Gasteiger partial charge in [-0.1, -0.05) is 11.8 Å². The minimum Gasteiger partial charge on any atom is -0.459 e. The molecule has 0 aliphatic carbocycles. The van der Waals surface area contributed by atoms with Crippen molar-refractivity contribution in [3.63, 3.8) is 0 Å². The quantitative estimate of drug-likeness (QED) is 0.282. The molecule has 1 aromatic carbocycles. The Morgan fingerprint density at radius 2 is 1.56 bits per heavy atom. The van der Waals surface area contributed by atoms with Gasteiger partial charge in [0.05, 0.1) is 29.0 Å². The predicted octanol–water partition coefficient (Wildman–Crippen LogP) is 3.24. The van der Waals surface area contributed by atoms with Gasteiger partial charge in [0.2, 0.25) is 0 Å². The van der Waals surface area contributed by atoms with E-state index in [1.807, 2.05) is 0 Å². The molecule has 0 aromatic heterocycles. The second-order valence-corrected chi connectivity index (χ2v) is 6.33. The van der Waals surface area contributed by atoms with Gasteiger partial charge in [0.1, 0.15) is 0 Å². The van der Waals surface area contributed by atoms with Crippen molar-refractivity contribution in [3.8, 4) is 6.19 Å². The van der Waals surface area contributed by atoms with Crippen LogP contribution in [0, 0.1) is 11.5 Å². The Hall–Kier alpha value is -2.53. The first kappa shape index (κ1) is 20.5. The number of amidine groups is 1. The summed E-state index contributed by atoms with van der Waals surface area (Å²) in [4.78, 5) is 28.6. The number of nitrogens with zero attached hydrogens (tertiary/aromatic N) is 2. The summed E-state index contributed by atoms with van der Waals surface area (Å²) in [5, 5.41) is 11.5. The number of aliphatic imine (C=N–C) groups is 1. The van der Waals surface area contributed by atoms with Gasteiger partial charge >= 0.3 is 11.9 Å². The summed E-state index contributed by atoms with van der Waals surface area (Å²) >= 11 is 1.22. The van der Waals surface area contributed by atoms with E-state index in [1.54, 1.807) is 40.1 Å². The van der Waals surface area contributed by atoms with E-state index in [9.17, 15) is 9.59 Å². The molecule has 0 amide bonds. The molecule has 7 nitrogen and oxygen atoms in total. The summed E-state index contributed by atoms with van der Waals surface area (Å²) in [6.45, 7) is 6.93. The Labute approximate surface area is 151 Å². The minimum absolute atomic E-state index is 0.183. The summed E-state index contributed by atoms with van der Waals surface area (Å²) in [5.74, 6) is -1.13. The molecule has 0 saturated heterocycles. The second-order valence-electron chi connectivity index (χ2n) is 5.53. The van der Waals surface area contributed by atoms with Gasteiger partial charge in [-0.3, -0.25) is 5.32 Å². The molecule has 134 valence electrons. The van der Waals surface area contributed by atoms with Crippen LogP contribution in [-0.4, -0.2) is 35.6 Å². The molecule has 0 saturated carbocycles. The van der Waals surface area contributed by atoms with E-state index < -0.39 is 11.9 Å². The Balaban J connectivity index is 3.33. The van der Waals surface area contributed by atoms with Crippen molar-refractivity contribution >= 4 is 34.6 Å². The SMILES string of the molecule is CSC(=Nc1cc(C(=O)OC(C)C)cc(C(=O)OC(C)C)c1)NC#N. The Morgan fingerprint density at radius 3 is 1.92 bits per heavy atom. The summed E-state index contributed by atoms with van der Waals surface area (Å²) in [7, 11) is 0. The van der Waals surface area contributed by atoms with E-state index >= 15 is 0 Å². The fraction of sp³-hybridized carbons (Fsp3) is 0.412. The highest BCUT2D eigenvalue weighted by molar-refractivity contribution is 8.13. The molecular weight excluding hydrogens is 342 g/mol. The number of benzene rings is 1. The van der Waals surface area contributed by atoms with Crippen LogP contribution in [0.25, 0.3) is 0 Å². The van der Waals surface area contributed by atoms with Gasteiger partial charge < -0.3 is 9.47 Å². The van der Waals surface area contributed by atoms with E-state index in [0.29, 0.717) is 10.9 Å². The topological polar surface area (TPSA) is 101 Å². The fourth-order valence-electron chi connectivity index (χ4n) is 1.77. The van der Waals surface area contributed by atoms with Crippen LogP contribution in [0.4, 0.5) is 5.69 Å². The second kappa shape index (κ2) is 9.69. The highest BCUT2D eigenvalue weighted by Gasteiger charge is 2.17. The molecule has 0 bridgehead atoms. The largest absolute Gasteiger partial charge is 0.459 e. The molecule has 0 aliphatic rings. The third-order valence-electron chi connectivity index (χ3n) is 2.66. The molecular formula is C17H21N3O4S. The van der Waals surface area contributed by atoms with Gasteiger partial charge in [-0.25, -0.2) is 14.6 Å². The van der Waals surface area contributed by atoms with Crippen LogP contribution in [-0.2, 0) is 9.47 Å². The molecule has 1 aromatic rings. The molecule has 0 aliphatic heterocycles. The van der Waals surface area contributed by atoms with E-state index in [1.165, 1.54) is 30.0 Å². The van der Waals surface area contributed by atoms with Gasteiger partial charge in [-0.15, -0.1) is 0 Å². The maximum absolute atomic E-state index is 12.2. The lowest BCUT2D eigenvalue weighted by Gasteiger charge is -2.12. The number of esters is 2. The highest BCUT2D eigenvalue weighted by atomic mass is 32.2. The molecule has 1 rings (SSSR count). The lowest BCUT2D eigenvalue weighted by Crippen LogP contribution is -2.15. The third-order valence-corrected chi connectivity index (χ3v) is 3.24. The van der Waals surface area contributed by atoms with Gasteiger partial charge in [0.15, 0.2) is 11.4 Å². The lowest BCUT2D eigenvalue weighted by atomic mass is 10.1. The average molecular weight is 363 g/mol. The highest BCUT2D eigenvalue weighted by Crippen LogP contribution is 2.21. The molecule has 0 unspecified atom stereocenters. The molecule has 0 radical (unpaired) electrons. The van der Waals surface area contributed by atoms with E-state index in [4.69, 9.17) is 14.7 Å². The molecule has 1 N–H and O–H groups in total. The fourth-order valence-corrected chi connectivity index (χ4v) is 2.11. The van der Waals surface area contributed by atoms with Crippen molar-refractivity contribution in [1.29, 1.82) is 5.26 Å². The molecule has 25 heavy (non-hydrogen) atoms. The monoisotopic (exact) mass is 363 g/mol. The maximum Gasteiger partial charge on any atom is 0.338 e. The van der Waals surface area contributed by atoms with Gasteiger partial charge in [0, 0.05) is 0 Å². The van der Waals surface area contributed by atoms with Crippen LogP contribution in [0.15, 0.2) is 23.2 Å². The molecule has 0 spiro atoms. The summed E-state index contributed by atoms with van der Waals surface area (Å²) in [6.07, 6.45) is 2.93. The third kappa shape index (κ3) is 6.85. The molecule has 0 heterocycles. The number of rotatable bonds is 5. The Bertz CT molecular complexity index is 668.